The summed E-state index contributed by atoms with van der Waals surface area (Å²) in [5, 5.41) is 2.81. The number of carbonyl (C=O) groups excluding carboxylic acids is 1. The van der Waals surface area contributed by atoms with E-state index < -0.39 is 0 Å². The van der Waals surface area contributed by atoms with Crippen LogP contribution in [0.1, 0.15) is 52.2 Å². The Balaban J connectivity index is 1.61. The summed E-state index contributed by atoms with van der Waals surface area (Å²) in [5.41, 5.74) is 0.725. The molecule has 1 aromatic rings. The molecule has 4 rings (SSSR count). The van der Waals surface area contributed by atoms with Gasteiger partial charge in [-0.05, 0) is 37.7 Å². The zero-order valence-corrected chi connectivity index (χ0v) is 16.8. The average Bonchev–Trinajstić information content (AvgIpc) is 2.64. The number of rotatable bonds is 4. The topological polar surface area (TPSA) is 56.8 Å². The molecule has 27 heavy (non-hydrogen) atoms. The third kappa shape index (κ3) is 2.82. The lowest BCUT2D eigenvalue weighted by molar-refractivity contribution is -0.259. The number of para-hydroxylation sites is 1. The molecule has 2 heterocycles. The summed E-state index contributed by atoms with van der Waals surface area (Å²) in [7, 11) is 0. The summed E-state index contributed by atoms with van der Waals surface area (Å²) in [6.07, 6.45) is 1.56. The van der Waals surface area contributed by atoms with E-state index in [4.69, 9.17) is 14.2 Å². The van der Waals surface area contributed by atoms with Gasteiger partial charge in [-0.1, -0.05) is 39.0 Å². The number of fused-ring (bicyclic) bond motifs is 3. The van der Waals surface area contributed by atoms with Gasteiger partial charge in [0, 0.05) is 23.4 Å². The molecule has 1 amide bonds. The van der Waals surface area contributed by atoms with Gasteiger partial charge in [-0.15, -0.1) is 0 Å². The Kier molecular flexibility index (Phi) is 4.61. The normalized spacial score (nSPS) is 39.1. The molecule has 1 N–H and O–H groups in total. The van der Waals surface area contributed by atoms with E-state index in [9.17, 15) is 4.79 Å². The van der Waals surface area contributed by atoms with Crippen molar-refractivity contribution in [3.05, 3.63) is 29.8 Å². The van der Waals surface area contributed by atoms with Crippen molar-refractivity contribution >= 4 is 6.09 Å². The molecular weight excluding hydrogens is 342 g/mol. The Labute approximate surface area is 161 Å². The first kappa shape index (κ1) is 18.6. The quantitative estimate of drug-likeness (QED) is 0.854. The molecule has 5 nitrogen and oxygen atoms in total. The SMILES string of the molecule is CCCNC(=O)OCC12CO[C@@H]3c4ccccc4O[C@](C)(C[C@@H]1C)[C@@H]3[C@@H]2C. The minimum absolute atomic E-state index is 0.0458. The number of hydrogen-bond acceptors (Lipinski definition) is 4. The Morgan fingerprint density at radius 3 is 2.89 bits per heavy atom. The number of alkyl carbamates (subject to hydrolysis) is 1. The van der Waals surface area contributed by atoms with Gasteiger partial charge in [0.15, 0.2) is 0 Å². The largest absolute Gasteiger partial charge is 0.487 e. The number of carbonyl (C=O) groups is 1. The molecule has 0 spiro atoms. The van der Waals surface area contributed by atoms with Crippen molar-refractivity contribution in [3.63, 3.8) is 0 Å². The summed E-state index contributed by atoms with van der Waals surface area (Å²) in [6, 6.07) is 8.24. The van der Waals surface area contributed by atoms with Crippen LogP contribution >= 0.6 is 0 Å². The van der Waals surface area contributed by atoms with Crippen molar-refractivity contribution in [3.8, 4) is 5.75 Å². The van der Waals surface area contributed by atoms with Crippen LogP contribution in [-0.2, 0) is 9.47 Å². The highest BCUT2D eigenvalue weighted by molar-refractivity contribution is 5.67. The summed E-state index contributed by atoms with van der Waals surface area (Å²) in [6.45, 7) is 10.4. The van der Waals surface area contributed by atoms with Crippen LogP contribution < -0.4 is 10.1 Å². The van der Waals surface area contributed by atoms with E-state index in [0.717, 1.165) is 24.2 Å². The highest BCUT2D eigenvalue weighted by Gasteiger charge is 2.64. The second kappa shape index (κ2) is 6.69. The molecular formula is C22H31NO4. The van der Waals surface area contributed by atoms with E-state index >= 15 is 0 Å². The maximum atomic E-state index is 12.0. The van der Waals surface area contributed by atoms with E-state index in [0.29, 0.717) is 31.6 Å². The minimum Gasteiger partial charge on any atom is -0.487 e. The van der Waals surface area contributed by atoms with E-state index in [1.165, 1.54) is 0 Å². The monoisotopic (exact) mass is 373 g/mol. The van der Waals surface area contributed by atoms with Crippen molar-refractivity contribution in [1.82, 2.24) is 5.32 Å². The van der Waals surface area contributed by atoms with Crippen LogP contribution in [0.3, 0.4) is 0 Å². The van der Waals surface area contributed by atoms with Gasteiger partial charge < -0.3 is 19.5 Å². The summed E-state index contributed by atoms with van der Waals surface area (Å²) < 4.78 is 18.7. The molecule has 3 aliphatic rings. The molecule has 1 aromatic carbocycles. The first-order chi connectivity index (χ1) is 12.9. The summed E-state index contributed by atoms with van der Waals surface area (Å²) in [5.74, 6) is 1.86. The predicted molar refractivity (Wildman–Crippen MR) is 103 cm³/mol. The number of ether oxygens (including phenoxy) is 3. The van der Waals surface area contributed by atoms with E-state index in [1.807, 2.05) is 25.1 Å². The lowest BCUT2D eigenvalue weighted by Gasteiger charge is -2.63. The molecule has 148 valence electrons. The third-order valence-electron chi connectivity index (χ3n) is 7.26. The number of hydrogen-bond donors (Lipinski definition) is 1. The van der Waals surface area contributed by atoms with Crippen LogP contribution in [0.15, 0.2) is 24.3 Å². The molecule has 1 unspecified atom stereocenters. The van der Waals surface area contributed by atoms with Crippen molar-refractivity contribution < 1.29 is 19.0 Å². The van der Waals surface area contributed by atoms with Gasteiger partial charge in [0.2, 0.25) is 0 Å². The summed E-state index contributed by atoms with van der Waals surface area (Å²) in [4.78, 5) is 12.0. The standard InChI is InChI=1S/C22H31NO4/c1-5-10-23-20(24)26-13-22-12-25-19-16-8-6-7-9-17(16)27-21(4,11-14(22)2)18(19)15(22)3/h6-9,14-15,18-19H,5,10-13H2,1-4H3,(H,23,24)/t14-,15-,18+,19+,21+,22?/m0/s1. The number of amides is 1. The lowest BCUT2D eigenvalue weighted by atomic mass is 9.50. The molecule has 5 heteroatoms. The first-order valence-corrected chi connectivity index (χ1v) is 10.2. The Morgan fingerprint density at radius 1 is 1.33 bits per heavy atom. The minimum atomic E-state index is -0.327. The summed E-state index contributed by atoms with van der Waals surface area (Å²) >= 11 is 0. The van der Waals surface area contributed by atoms with Gasteiger partial charge in [0.25, 0.3) is 0 Å². The van der Waals surface area contributed by atoms with Crippen molar-refractivity contribution in [2.24, 2.45) is 23.2 Å². The van der Waals surface area contributed by atoms with Gasteiger partial charge in [0.05, 0.1) is 12.7 Å². The molecule has 0 radical (unpaired) electrons. The Hall–Kier alpha value is -1.75. The molecule has 1 aliphatic carbocycles. The first-order valence-electron chi connectivity index (χ1n) is 10.2. The fraction of sp³-hybridized carbons (Fsp3) is 0.682. The Morgan fingerprint density at radius 2 is 2.11 bits per heavy atom. The highest BCUT2D eigenvalue weighted by Crippen LogP contribution is 2.63. The van der Waals surface area contributed by atoms with Gasteiger partial charge in [-0.3, -0.25) is 0 Å². The van der Waals surface area contributed by atoms with Crippen LogP contribution in [0, 0.1) is 23.2 Å². The number of nitrogens with one attached hydrogen (secondary N) is 1. The fourth-order valence-electron chi connectivity index (χ4n) is 5.73. The van der Waals surface area contributed by atoms with Crippen LogP contribution in [0.25, 0.3) is 0 Å². The van der Waals surface area contributed by atoms with E-state index in [-0.39, 0.29) is 29.1 Å². The van der Waals surface area contributed by atoms with Crippen LogP contribution in [0.5, 0.6) is 5.75 Å². The maximum absolute atomic E-state index is 12.0. The van der Waals surface area contributed by atoms with Crippen LogP contribution in [-0.4, -0.2) is 31.5 Å². The molecule has 6 atom stereocenters. The zero-order chi connectivity index (χ0) is 19.2. The maximum Gasteiger partial charge on any atom is 0.407 e. The van der Waals surface area contributed by atoms with Gasteiger partial charge in [-0.2, -0.15) is 0 Å². The van der Waals surface area contributed by atoms with Crippen molar-refractivity contribution in [1.29, 1.82) is 0 Å². The number of benzene rings is 1. The van der Waals surface area contributed by atoms with E-state index in [1.54, 1.807) is 0 Å². The highest BCUT2D eigenvalue weighted by atomic mass is 16.6. The van der Waals surface area contributed by atoms with Crippen LogP contribution in [0.2, 0.25) is 0 Å². The van der Waals surface area contributed by atoms with Crippen LogP contribution in [0.4, 0.5) is 4.79 Å². The predicted octanol–water partition coefficient (Wildman–Crippen LogP) is 4.32. The average molecular weight is 373 g/mol. The third-order valence-corrected chi connectivity index (χ3v) is 7.26. The van der Waals surface area contributed by atoms with Crippen molar-refractivity contribution in [2.45, 2.75) is 52.2 Å². The molecule has 0 aromatic heterocycles. The van der Waals surface area contributed by atoms with E-state index in [2.05, 4.69) is 32.2 Å². The Bertz CT molecular complexity index is 722. The van der Waals surface area contributed by atoms with Gasteiger partial charge in [-0.25, -0.2) is 4.79 Å². The molecule has 2 bridgehead atoms. The zero-order valence-electron chi connectivity index (χ0n) is 16.8. The van der Waals surface area contributed by atoms with Crippen molar-refractivity contribution in [2.75, 3.05) is 19.8 Å². The molecule has 2 aliphatic heterocycles. The lowest BCUT2D eigenvalue weighted by Crippen LogP contribution is -2.66. The van der Waals surface area contributed by atoms with Gasteiger partial charge >= 0.3 is 6.09 Å². The molecule has 1 saturated heterocycles. The smallest absolute Gasteiger partial charge is 0.407 e. The molecule has 1 saturated carbocycles. The molecule has 2 fully saturated rings. The van der Waals surface area contributed by atoms with Gasteiger partial charge in [0.1, 0.15) is 18.0 Å². The fourth-order valence-corrected chi connectivity index (χ4v) is 5.73. The second-order valence-electron chi connectivity index (χ2n) is 8.84. The second-order valence-corrected chi connectivity index (χ2v) is 8.84.